The van der Waals surface area contributed by atoms with E-state index in [1.54, 1.807) is 11.3 Å². The smallest absolute Gasteiger partial charge is 0.177 e. The van der Waals surface area contributed by atoms with E-state index in [-0.39, 0.29) is 15.8 Å². The van der Waals surface area contributed by atoms with Gasteiger partial charge in [0.2, 0.25) is 0 Å². The summed E-state index contributed by atoms with van der Waals surface area (Å²) in [5.74, 6) is 0.413. The first kappa shape index (κ1) is 19.9. The first-order valence-electron chi connectivity index (χ1n) is 7.82. The van der Waals surface area contributed by atoms with E-state index >= 15 is 0 Å². The lowest BCUT2D eigenvalue weighted by molar-refractivity contribution is 0.534. The van der Waals surface area contributed by atoms with Gasteiger partial charge < -0.3 is 5.32 Å². The monoisotopic (exact) mass is 401 g/mol. The van der Waals surface area contributed by atoms with Crippen molar-refractivity contribution in [3.05, 3.63) is 40.6 Å². The van der Waals surface area contributed by atoms with Crippen molar-refractivity contribution in [2.24, 2.45) is 5.92 Å². The molecule has 0 bridgehead atoms. The Morgan fingerprint density at radius 1 is 1.04 bits per heavy atom. The molecular formula is C17H23NO4S3. The lowest BCUT2D eigenvalue weighted by Gasteiger charge is -2.22. The maximum atomic E-state index is 12.2. The zero-order valence-corrected chi connectivity index (χ0v) is 17.1. The van der Waals surface area contributed by atoms with Gasteiger partial charge in [0.1, 0.15) is 0 Å². The molecule has 1 aromatic carbocycles. The summed E-state index contributed by atoms with van der Waals surface area (Å²) in [6.45, 7) is 4.21. The predicted octanol–water partition coefficient (Wildman–Crippen LogP) is 3.75. The number of thiophene rings is 1. The van der Waals surface area contributed by atoms with Gasteiger partial charge in [0.25, 0.3) is 0 Å². The second-order valence-corrected chi connectivity index (χ2v) is 11.5. The maximum Gasteiger partial charge on any atom is 0.177 e. The van der Waals surface area contributed by atoms with Crippen LogP contribution in [0, 0.1) is 5.92 Å². The number of benzene rings is 1. The van der Waals surface area contributed by atoms with Crippen molar-refractivity contribution < 1.29 is 16.8 Å². The van der Waals surface area contributed by atoms with Crippen LogP contribution < -0.4 is 5.32 Å². The van der Waals surface area contributed by atoms with Gasteiger partial charge in [-0.15, -0.1) is 11.3 Å². The Hall–Kier alpha value is -1.38. The first-order chi connectivity index (χ1) is 11.5. The quantitative estimate of drug-likeness (QED) is 0.764. The highest BCUT2D eigenvalue weighted by Gasteiger charge is 2.21. The van der Waals surface area contributed by atoms with Crippen molar-refractivity contribution in [2.45, 2.75) is 36.1 Å². The van der Waals surface area contributed by atoms with Crippen LogP contribution in [0.4, 0.5) is 5.69 Å². The molecule has 8 heteroatoms. The Kier molecular flexibility index (Phi) is 5.96. The Morgan fingerprint density at radius 3 is 2.20 bits per heavy atom. The van der Waals surface area contributed by atoms with Crippen LogP contribution in [0.15, 0.2) is 45.5 Å². The Balaban J connectivity index is 2.50. The van der Waals surface area contributed by atoms with E-state index in [0.29, 0.717) is 11.6 Å². The van der Waals surface area contributed by atoms with Crippen LogP contribution in [0.25, 0.3) is 0 Å². The molecule has 0 saturated heterocycles. The zero-order chi connectivity index (χ0) is 18.8. The van der Waals surface area contributed by atoms with E-state index < -0.39 is 19.7 Å². The van der Waals surface area contributed by atoms with E-state index in [1.165, 1.54) is 18.2 Å². The van der Waals surface area contributed by atoms with Crippen LogP contribution in [0.3, 0.4) is 0 Å². The zero-order valence-electron chi connectivity index (χ0n) is 14.7. The van der Waals surface area contributed by atoms with Gasteiger partial charge >= 0.3 is 0 Å². The van der Waals surface area contributed by atoms with Crippen LogP contribution >= 0.6 is 11.3 Å². The highest BCUT2D eigenvalue weighted by molar-refractivity contribution is 7.91. The van der Waals surface area contributed by atoms with Gasteiger partial charge in [-0.3, -0.25) is 0 Å². The molecule has 0 radical (unpaired) electrons. The summed E-state index contributed by atoms with van der Waals surface area (Å²) < 4.78 is 47.9. The molecule has 0 amide bonds. The average molecular weight is 402 g/mol. The van der Waals surface area contributed by atoms with Gasteiger partial charge in [0.05, 0.1) is 21.5 Å². The van der Waals surface area contributed by atoms with Gasteiger partial charge in [-0.1, -0.05) is 19.9 Å². The third-order valence-electron chi connectivity index (χ3n) is 3.70. The van der Waals surface area contributed by atoms with Crippen molar-refractivity contribution in [1.82, 2.24) is 0 Å². The number of sulfone groups is 2. The van der Waals surface area contributed by atoms with E-state index in [4.69, 9.17) is 0 Å². The molecule has 0 saturated carbocycles. The lowest BCUT2D eigenvalue weighted by atomic mass is 10.0. The normalized spacial score (nSPS) is 13.8. The molecule has 1 atom stereocenters. The van der Waals surface area contributed by atoms with Gasteiger partial charge in [-0.05, 0) is 42.0 Å². The number of hydrogen-bond acceptors (Lipinski definition) is 6. The summed E-state index contributed by atoms with van der Waals surface area (Å²) in [6, 6.07) is 8.13. The first-order valence-corrected chi connectivity index (χ1v) is 12.5. The minimum Gasteiger partial charge on any atom is -0.376 e. The third-order valence-corrected chi connectivity index (χ3v) is 6.94. The second-order valence-electron chi connectivity index (χ2n) is 6.54. The molecule has 0 fully saturated rings. The summed E-state index contributed by atoms with van der Waals surface area (Å²) >= 11 is 1.61. The highest BCUT2D eigenvalue weighted by Crippen LogP contribution is 2.33. The minimum absolute atomic E-state index is 0.000683. The molecule has 0 aliphatic rings. The maximum absolute atomic E-state index is 12.2. The van der Waals surface area contributed by atoms with Crippen molar-refractivity contribution in [2.75, 3.05) is 17.8 Å². The van der Waals surface area contributed by atoms with Gasteiger partial charge in [0.15, 0.2) is 19.7 Å². The Labute approximate surface area is 153 Å². The summed E-state index contributed by atoms with van der Waals surface area (Å²) in [5, 5.41) is 5.28. The minimum atomic E-state index is -3.58. The Bertz CT molecular complexity index is 930. The fourth-order valence-corrected chi connectivity index (χ4v) is 4.93. The molecule has 1 N–H and O–H groups in total. The van der Waals surface area contributed by atoms with Crippen LogP contribution in [-0.4, -0.2) is 29.3 Å². The van der Waals surface area contributed by atoms with Gasteiger partial charge in [0, 0.05) is 17.4 Å². The standard InChI is InChI=1S/C17H23NO4S3/c1-12(2)10-15(16-6-5-9-23-16)18-14-8-7-13(24(3,19)20)11-17(14)25(4,21)22/h5-9,11-12,15,18H,10H2,1-4H3. The summed E-state index contributed by atoms with van der Waals surface area (Å²) in [4.78, 5) is 1.11. The van der Waals surface area contributed by atoms with Crippen LogP contribution in [0.5, 0.6) is 0 Å². The van der Waals surface area contributed by atoms with Crippen molar-refractivity contribution in [1.29, 1.82) is 0 Å². The number of rotatable bonds is 7. The predicted molar refractivity (Wildman–Crippen MR) is 103 cm³/mol. The van der Waals surface area contributed by atoms with Gasteiger partial charge in [-0.25, -0.2) is 16.8 Å². The van der Waals surface area contributed by atoms with Crippen molar-refractivity contribution >= 4 is 36.7 Å². The van der Waals surface area contributed by atoms with Crippen LogP contribution in [0.1, 0.15) is 31.2 Å². The third kappa shape index (κ3) is 5.29. The van der Waals surface area contributed by atoms with Crippen molar-refractivity contribution in [3.8, 4) is 0 Å². The van der Waals surface area contributed by atoms with E-state index in [0.717, 1.165) is 23.8 Å². The van der Waals surface area contributed by atoms with E-state index in [9.17, 15) is 16.8 Å². The lowest BCUT2D eigenvalue weighted by Crippen LogP contribution is -2.15. The average Bonchev–Trinajstić information content (AvgIpc) is 2.98. The fourth-order valence-electron chi connectivity index (χ4n) is 2.55. The number of anilines is 1. The largest absolute Gasteiger partial charge is 0.376 e. The molecule has 2 rings (SSSR count). The molecule has 1 unspecified atom stereocenters. The fraction of sp³-hybridized carbons (Fsp3) is 0.412. The molecule has 2 aromatic rings. The second kappa shape index (κ2) is 7.47. The van der Waals surface area contributed by atoms with Gasteiger partial charge in [-0.2, -0.15) is 0 Å². The topological polar surface area (TPSA) is 80.3 Å². The molecule has 1 heterocycles. The SMILES string of the molecule is CC(C)CC(Nc1ccc(S(C)(=O)=O)cc1S(C)(=O)=O)c1cccs1. The van der Waals surface area contributed by atoms with Crippen LogP contribution in [0.2, 0.25) is 0 Å². The highest BCUT2D eigenvalue weighted by atomic mass is 32.2. The summed E-state index contributed by atoms with van der Waals surface area (Å²) in [7, 11) is -7.07. The summed E-state index contributed by atoms with van der Waals surface area (Å²) in [6.07, 6.45) is 2.98. The molecule has 138 valence electrons. The molecule has 25 heavy (non-hydrogen) atoms. The summed E-state index contributed by atoms with van der Waals surface area (Å²) in [5.41, 5.74) is 0.425. The molecule has 5 nitrogen and oxygen atoms in total. The molecule has 1 aromatic heterocycles. The van der Waals surface area contributed by atoms with Crippen molar-refractivity contribution in [3.63, 3.8) is 0 Å². The van der Waals surface area contributed by atoms with Crippen LogP contribution in [-0.2, 0) is 19.7 Å². The number of nitrogens with one attached hydrogen (secondary N) is 1. The Morgan fingerprint density at radius 2 is 1.72 bits per heavy atom. The molecule has 0 spiro atoms. The molecular weight excluding hydrogens is 378 g/mol. The number of hydrogen-bond donors (Lipinski definition) is 1. The van der Waals surface area contributed by atoms with E-state index in [1.807, 2.05) is 17.5 Å². The van der Waals surface area contributed by atoms with E-state index in [2.05, 4.69) is 19.2 Å². The molecule has 0 aliphatic heterocycles. The molecule has 0 aliphatic carbocycles.